The maximum Gasteiger partial charge on any atom is 0.259 e. The first kappa shape index (κ1) is 19.2. The predicted octanol–water partition coefficient (Wildman–Crippen LogP) is 4.33. The summed E-state index contributed by atoms with van der Waals surface area (Å²) in [6.07, 6.45) is 0.489. The van der Waals surface area contributed by atoms with Crippen LogP contribution in [0.1, 0.15) is 33.9 Å². The lowest BCUT2D eigenvalue weighted by atomic mass is 9.97. The van der Waals surface area contributed by atoms with E-state index in [0.717, 1.165) is 16.8 Å². The Kier molecular flexibility index (Phi) is 4.82. The molecule has 6 heteroatoms. The molecule has 5 rings (SSSR count). The molecule has 0 fully saturated rings. The molecule has 1 amide bonds. The number of carbonyl (C=O) groups is 2. The van der Waals surface area contributed by atoms with Crippen molar-refractivity contribution in [3.8, 4) is 17.2 Å². The highest BCUT2D eigenvalue weighted by molar-refractivity contribution is 6.11. The molecule has 0 spiro atoms. The Bertz CT molecular complexity index is 1150. The number of hydrogen-bond acceptors (Lipinski definition) is 5. The standard InChI is InChI=1S/C25H21NO5/c1-29-19-9-7-17(8-10-19)26-22(20-4-2-3-5-21(20)25(26)28)14-18(27)12-16-6-11-23-24(13-16)31-15-30-23/h2-11,13,22H,12,14-15H2,1H3. The predicted molar refractivity (Wildman–Crippen MR) is 115 cm³/mol. The van der Waals surface area contributed by atoms with Crippen molar-refractivity contribution in [2.45, 2.75) is 18.9 Å². The summed E-state index contributed by atoms with van der Waals surface area (Å²) in [4.78, 5) is 27.9. The fraction of sp³-hybridized carbons (Fsp3) is 0.200. The van der Waals surface area contributed by atoms with Gasteiger partial charge in [0.25, 0.3) is 5.91 Å². The van der Waals surface area contributed by atoms with Crippen LogP contribution in [0.15, 0.2) is 66.7 Å². The first-order valence-corrected chi connectivity index (χ1v) is 10.1. The Hall–Kier alpha value is -3.80. The number of nitrogens with zero attached hydrogens (tertiary/aromatic N) is 1. The molecule has 3 aromatic rings. The van der Waals surface area contributed by atoms with Crippen LogP contribution in [0.25, 0.3) is 0 Å². The highest BCUT2D eigenvalue weighted by Gasteiger charge is 2.38. The van der Waals surface area contributed by atoms with Gasteiger partial charge < -0.3 is 19.1 Å². The third-order valence-corrected chi connectivity index (χ3v) is 5.69. The number of amides is 1. The lowest BCUT2D eigenvalue weighted by Crippen LogP contribution is -2.29. The van der Waals surface area contributed by atoms with E-state index in [9.17, 15) is 9.59 Å². The largest absolute Gasteiger partial charge is 0.497 e. The molecule has 0 saturated heterocycles. The van der Waals surface area contributed by atoms with Gasteiger partial charge in [-0.05, 0) is 53.6 Å². The molecule has 0 bridgehead atoms. The molecule has 0 aromatic heterocycles. The summed E-state index contributed by atoms with van der Waals surface area (Å²) in [5.41, 5.74) is 3.12. The SMILES string of the molecule is COc1ccc(N2C(=O)c3ccccc3C2CC(=O)Cc2ccc3c(c2)OCO3)cc1. The molecule has 6 nitrogen and oxygen atoms in total. The van der Waals surface area contributed by atoms with Gasteiger partial charge in [-0.15, -0.1) is 0 Å². The van der Waals surface area contributed by atoms with E-state index in [1.54, 1.807) is 12.0 Å². The molecule has 1 atom stereocenters. The van der Waals surface area contributed by atoms with E-state index < -0.39 is 0 Å². The summed E-state index contributed by atoms with van der Waals surface area (Å²) >= 11 is 0. The Morgan fingerprint density at radius 2 is 1.81 bits per heavy atom. The van der Waals surface area contributed by atoms with Gasteiger partial charge in [-0.3, -0.25) is 9.59 Å². The fourth-order valence-electron chi connectivity index (χ4n) is 4.20. The summed E-state index contributed by atoms with van der Waals surface area (Å²) in [6.45, 7) is 0.199. The number of hydrogen-bond donors (Lipinski definition) is 0. The van der Waals surface area contributed by atoms with Crippen LogP contribution in [0.3, 0.4) is 0 Å². The van der Waals surface area contributed by atoms with Gasteiger partial charge in [0.05, 0.1) is 13.2 Å². The first-order chi connectivity index (χ1) is 15.1. The number of ether oxygens (including phenoxy) is 3. The van der Waals surface area contributed by atoms with Crippen molar-refractivity contribution in [3.05, 3.63) is 83.4 Å². The number of fused-ring (bicyclic) bond motifs is 2. The molecule has 1 unspecified atom stereocenters. The molecule has 31 heavy (non-hydrogen) atoms. The van der Waals surface area contributed by atoms with Crippen LogP contribution in [-0.4, -0.2) is 25.6 Å². The van der Waals surface area contributed by atoms with Gasteiger partial charge in [0.1, 0.15) is 11.5 Å². The van der Waals surface area contributed by atoms with Gasteiger partial charge >= 0.3 is 0 Å². The zero-order valence-corrected chi connectivity index (χ0v) is 17.0. The summed E-state index contributed by atoms with van der Waals surface area (Å²) in [5, 5.41) is 0. The molecule has 2 heterocycles. The lowest BCUT2D eigenvalue weighted by molar-refractivity contribution is -0.118. The second-order valence-corrected chi connectivity index (χ2v) is 7.58. The number of Topliss-reactive ketones (excluding diaryl/α,β-unsaturated/α-hetero) is 1. The van der Waals surface area contributed by atoms with E-state index in [2.05, 4.69) is 0 Å². The summed E-state index contributed by atoms with van der Waals surface area (Å²) in [5.74, 6) is 2.01. The Labute approximate surface area is 180 Å². The Balaban J connectivity index is 1.41. The van der Waals surface area contributed by atoms with Crippen LogP contribution < -0.4 is 19.1 Å². The zero-order chi connectivity index (χ0) is 21.4. The Morgan fingerprint density at radius 3 is 2.61 bits per heavy atom. The lowest BCUT2D eigenvalue weighted by Gasteiger charge is -2.25. The Morgan fingerprint density at radius 1 is 1.03 bits per heavy atom. The van der Waals surface area contributed by atoms with Crippen molar-refractivity contribution >= 4 is 17.4 Å². The minimum absolute atomic E-state index is 0.0480. The van der Waals surface area contributed by atoms with E-state index in [0.29, 0.717) is 22.8 Å². The number of ketones is 1. The number of methoxy groups -OCH3 is 1. The zero-order valence-electron chi connectivity index (χ0n) is 17.0. The van der Waals surface area contributed by atoms with Gasteiger partial charge in [-0.25, -0.2) is 0 Å². The average molecular weight is 415 g/mol. The van der Waals surface area contributed by atoms with Gasteiger partial charge in [0.15, 0.2) is 11.5 Å². The van der Waals surface area contributed by atoms with Crippen LogP contribution in [-0.2, 0) is 11.2 Å². The summed E-state index contributed by atoms with van der Waals surface area (Å²) in [6, 6.07) is 20.0. The van der Waals surface area contributed by atoms with E-state index in [1.165, 1.54) is 0 Å². The molecular weight excluding hydrogens is 394 g/mol. The van der Waals surface area contributed by atoms with E-state index >= 15 is 0 Å². The molecule has 3 aromatic carbocycles. The molecular formula is C25H21NO5. The minimum atomic E-state index is -0.349. The number of anilines is 1. The quantitative estimate of drug-likeness (QED) is 0.600. The molecule has 0 saturated carbocycles. The maximum absolute atomic E-state index is 13.2. The maximum atomic E-state index is 13.2. The van der Waals surface area contributed by atoms with Crippen molar-refractivity contribution in [1.29, 1.82) is 0 Å². The number of carbonyl (C=O) groups excluding carboxylic acids is 2. The highest BCUT2D eigenvalue weighted by Crippen LogP contribution is 2.40. The van der Waals surface area contributed by atoms with Crippen molar-refractivity contribution in [3.63, 3.8) is 0 Å². The third kappa shape index (κ3) is 3.50. The van der Waals surface area contributed by atoms with Crippen LogP contribution >= 0.6 is 0 Å². The number of benzene rings is 3. The molecule has 0 radical (unpaired) electrons. The van der Waals surface area contributed by atoms with Gasteiger partial charge in [-0.1, -0.05) is 24.3 Å². The van der Waals surface area contributed by atoms with Crippen LogP contribution in [0.5, 0.6) is 17.2 Å². The van der Waals surface area contributed by atoms with E-state index in [1.807, 2.05) is 66.7 Å². The normalized spacial score (nSPS) is 16.4. The van der Waals surface area contributed by atoms with Crippen LogP contribution in [0.2, 0.25) is 0 Å². The second-order valence-electron chi connectivity index (χ2n) is 7.58. The molecule has 2 aliphatic rings. The smallest absolute Gasteiger partial charge is 0.259 e. The third-order valence-electron chi connectivity index (χ3n) is 5.69. The van der Waals surface area contributed by atoms with Gasteiger partial charge in [0.2, 0.25) is 6.79 Å². The van der Waals surface area contributed by atoms with Gasteiger partial charge in [0, 0.05) is 24.1 Å². The minimum Gasteiger partial charge on any atom is -0.497 e. The van der Waals surface area contributed by atoms with Crippen LogP contribution in [0, 0.1) is 0 Å². The van der Waals surface area contributed by atoms with Crippen molar-refractivity contribution < 1.29 is 23.8 Å². The topological polar surface area (TPSA) is 65.1 Å². The number of rotatable bonds is 6. The monoisotopic (exact) mass is 415 g/mol. The fourth-order valence-corrected chi connectivity index (χ4v) is 4.20. The van der Waals surface area contributed by atoms with E-state index in [-0.39, 0.29) is 37.4 Å². The van der Waals surface area contributed by atoms with E-state index in [4.69, 9.17) is 14.2 Å². The van der Waals surface area contributed by atoms with Gasteiger partial charge in [-0.2, -0.15) is 0 Å². The first-order valence-electron chi connectivity index (χ1n) is 10.1. The summed E-state index contributed by atoms with van der Waals surface area (Å²) in [7, 11) is 1.60. The highest BCUT2D eigenvalue weighted by atomic mass is 16.7. The molecule has 0 aliphatic carbocycles. The van der Waals surface area contributed by atoms with Crippen molar-refractivity contribution in [1.82, 2.24) is 0 Å². The van der Waals surface area contributed by atoms with Crippen molar-refractivity contribution in [2.24, 2.45) is 0 Å². The molecule has 2 aliphatic heterocycles. The van der Waals surface area contributed by atoms with Crippen molar-refractivity contribution in [2.75, 3.05) is 18.8 Å². The second kappa shape index (κ2) is 7.80. The molecule has 156 valence electrons. The molecule has 0 N–H and O–H groups in total. The van der Waals surface area contributed by atoms with Crippen LogP contribution in [0.4, 0.5) is 5.69 Å². The average Bonchev–Trinajstić information content (AvgIpc) is 3.36. The summed E-state index contributed by atoms with van der Waals surface area (Å²) < 4.78 is 16.0.